The van der Waals surface area contributed by atoms with Crippen LogP contribution in [0.2, 0.25) is 0 Å². The van der Waals surface area contributed by atoms with E-state index in [9.17, 15) is 4.79 Å². The molecule has 5 nitrogen and oxygen atoms in total. The number of hydrogen-bond donors (Lipinski definition) is 1. The van der Waals surface area contributed by atoms with E-state index in [1.165, 1.54) is 5.56 Å². The first-order valence-electron chi connectivity index (χ1n) is 8.95. The molecule has 3 rings (SSSR count). The number of hydrogen-bond acceptors (Lipinski definition) is 4. The van der Waals surface area contributed by atoms with Gasteiger partial charge >= 0.3 is 0 Å². The van der Waals surface area contributed by atoms with Crippen molar-refractivity contribution in [3.05, 3.63) is 95.6 Å². The predicted molar refractivity (Wildman–Crippen MR) is 110 cm³/mol. The molecule has 0 heterocycles. The minimum atomic E-state index is -0.320. The van der Waals surface area contributed by atoms with Crippen molar-refractivity contribution in [2.45, 2.75) is 6.42 Å². The van der Waals surface area contributed by atoms with Crippen molar-refractivity contribution in [2.24, 2.45) is 5.10 Å². The van der Waals surface area contributed by atoms with Crippen LogP contribution >= 0.6 is 0 Å². The normalized spacial score (nSPS) is 10.6. The molecule has 0 atom stereocenters. The minimum Gasteiger partial charge on any atom is -0.497 e. The number of nitrogens with zero attached hydrogens (tertiary/aromatic N) is 1. The molecule has 0 saturated carbocycles. The Hall–Kier alpha value is -3.60. The Morgan fingerprint density at radius 2 is 1.68 bits per heavy atom. The molecule has 0 spiro atoms. The number of carbonyl (C=O) groups excluding carboxylic acids is 1. The van der Waals surface area contributed by atoms with Crippen LogP contribution < -0.4 is 14.9 Å². The van der Waals surface area contributed by atoms with Crippen molar-refractivity contribution in [1.29, 1.82) is 0 Å². The average Bonchev–Trinajstić information content (AvgIpc) is 2.74. The topological polar surface area (TPSA) is 59.9 Å². The molecule has 1 N–H and O–H groups in total. The molecule has 28 heavy (non-hydrogen) atoms. The highest BCUT2D eigenvalue weighted by molar-refractivity contribution is 5.83. The van der Waals surface area contributed by atoms with Gasteiger partial charge in [-0.05, 0) is 47.0 Å². The number of amides is 1. The lowest BCUT2D eigenvalue weighted by atomic mass is 10.0. The highest BCUT2D eigenvalue weighted by atomic mass is 16.5. The number of nitrogens with one attached hydrogen (secondary N) is 1. The van der Waals surface area contributed by atoms with Gasteiger partial charge in [0.1, 0.15) is 11.5 Å². The van der Waals surface area contributed by atoms with Crippen LogP contribution in [-0.2, 0) is 11.2 Å². The first kappa shape index (κ1) is 19.2. The number of methoxy groups -OCH3 is 1. The maximum absolute atomic E-state index is 12.0. The van der Waals surface area contributed by atoms with E-state index in [-0.39, 0.29) is 12.5 Å². The molecule has 0 aliphatic rings. The summed E-state index contributed by atoms with van der Waals surface area (Å²) in [5, 5.41) is 3.95. The molecular weight excluding hydrogens is 352 g/mol. The number of rotatable bonds is 8. The molecule has 3 aromatic rings. The summed E-state index contributed by atoms with van der Waals surface area (Å²) in [6.45, 7) is -0.105. The van der Waals surface area contributed by atoms with Gasteiger partial charge in [0.2, 0.25) is 0 Å². The van der Waals surface area contributed by atoms with E-state index >= 15 is 0 Å². The van der Waals surface area contributed by atoms with Crippen LogP contribution in [0.1, 0.15) is 16.7 Å². The SMILES string of the molecule is COc1ccc(/C=N\NC(=O)COc2ccccc2Cc2ccccc2)cc1. The van der Waals surface area contributed by atoms with Crippen molar-refractivity contribution in [3.63, 3.8) is 0 Å². The van der Waals surface area contributed by atoms with Crippen LogP contribution in [0.3, 0.4) is 0 Å². The van der Waals surface area contributed by atoms with Crippen molar-refractivity contribution in [3.8, 4) is 11.5 Å². The second-order valence-corrected chi connectivity index (χ2v) is 6.13. The molecule has 0 fully saturated rings. The molecule has 3 aromatic carbocycles. The van der Waals surface area contributed by atoms with E-state index in [1.54, 1.807) is 13.3 Å². The predicted octanol–water partition coefficient (Wildman–Crippen LogP) is 3.82. The molecular formula is C23H22N2O3. The molecule has 0 aliphatic carbocycles. The summed E-state index contributed by atoms with van der Waals surface area (Å²) < 4.78 is 10.8. The average molecular weight is 374 g/mol. The van der Waals surface area contributed by atoms with Crippen LogP contribution in [0.4, 0.5) is 0 Å². The zero-order valence-electron chi connectivity index (χ0n) is 15.7. The molecule has 0 saturated heterocycles. The summed E-state index contributed by atoms with van der Waals surface area (Å²) in [7, 11) is 1.61. The smallest absolute Gasteiger partial charge is 0.277 e. The van der Waals surface area contributed by atoms with Gasteiger partial charge < -0.3 is 9.47 Å². The first-order valence-corrected chi connectivity index (χ1v) is 8.95. The van der Waals surface area contributed by atoms with E-state index in [1.807, 2.05) is 66.7 Å². The fraction of sp³-hybridized carbons (Fsp3) is 0.130. The molecule has 5 heteroatoms. The lowest BCUT2D eigenvalue weighted by Gasteiger charge is -2.11. The van der Waals surface area contributed by atoms with Gasteiger partial charge in [-0.2, -0.15) is 5.10 Å². The third-order valence-electron chi connectivity index (χ3n) is 4.09. The van der Waals surface area contributed by atoms with E-state index in [0.717, 1.165) is 23.3 Å². The zero-order chi connectivity index (χ0) is 19.6. The maximum atomic E-state index is 12.0. The van der Waals surface area contributed by atoms with Gasteiger partial charge in [0, 0.05) is 6.42 Å². The number of ether oxygens (including phenoxy) is 2. The Bertz CT molecular complexity index is 922. The van der Waals surface area contributed by atoms with Crippen LogP contribution in [0, 0.1) is 0 Å². The molecule has 142 valence electrons. The Kier molecular flexibility index (Phi) is 6.79. The summed E-state index contributed by atoms with van der Waals surface area (Å²) >= 11 is 0. The molecule has 0 radical (unpaired) electrons. The lowest BCUT2D eigenvalue weighted by Crippen LogP contribution is -2.24. The van der Waals surface area contributed by atoms with Gasteiger partial charge in [0.05, 0.1) is 13.3 Å². The lowest BCUT2D eigenvalue weighted by molar-refractivity contribution is -0.123. The van der Waals surface area contributed by atoms with Crippen LogP contribution in [0.15, 0.2) is 84.0 Å². The van der Waals surface area contributed by atoms with Crippen molar-refractivity contribution in [2.75, 3.05) is 13.7 Å². The molecule has 1 amide bonds. The van der Waals surface area contributed by atoms with Crippen LogP contribution in [0.25, 0.3) is 0 Å². The van der Waals surface area contributed by atoms with E-state index < -0.39 is 0 Å². The van der Waals surface area contributed by atoms with Crippen molar-refractivity contribution >= 4 is 12.1 Å². The quantitative estimate of drug-likeness (QED) is 0.482. The Morgan fingerprint density at radius 1 is 0.964 bits per heavy atom. The van der Waals surface area contributed by atoms with E-state index in [0.29, 0.717) is 5.75 Å². The second kappa shape index (κ2) is 9.92. The summed E-state index contributed by atoms with van der Waals surface area (Å²) in [6, 6.07) is 25.2. The second-order valence-electron chi connectivity index (χ2n) is 6.13. The third-order valence-corrected chi connectivity index (χ3v) is 4.09. The van der Waals surface area contributed by atoms with Gasteiger partial charge in [-0.25, -0.2) is 5.43 Å². The van der Waals surface area contributed by atoms with E-state index in [4.69, 9.17) is 9.47 Å². The largest absolute Gasteiger partial charge is 0.497 e. The van der Waals surface area contributed by atoms with Crippen molar-refractivity contribution in [1.82, 2.24) is 5.43 Å². The zero-order valence-corrected chi connectivity index (χ0v) is 15.7. The Morgan fingerprint density at radius 3 is 2.43 bits per heavy atom. The van der Waals surface area contributed by atoms with Crippen LogP contribution in [-0.4, -0.2) is 25.8 Å². The van der Waals surface area contributed by atoms with E-state index in [2.05, 4.69) is 22.7 Å². The summed E-state index contributed by atoms with van der Waals surface area (Å²) in [5.41, 5.74) is 5.55. The summed E-state index contributed by atoms with van der Waals surface area (Å²) in [5.74, 6) is 1.14. The first-order chi connectivity index (χ1) is 13.7. The number of para-hydroxylation sites is 1. The summed E-state index contributed by atoms with van der Waals surface area (Å²) in [6.07, 6.45) is 2.31. The van der Waals surface area contributed by atoms with Gasteiger partial charge in [-0.1, -0.05) is 48.5 Å². The highest BCUT2D eigenvalue weighted by Crippen LogP contribution is 2.21. The fourth-order valence-corrected chi connectivity index (χ4v) is 2.65. The molecule has 0 aliphatic heterocycles. The highest BCUT2D eigenvalue weighted by Gasteiger charge is 2.07. The fourth-order valence-electron chi connectivity index (χ4n) is 2.65. The molecule has 0 bridgehead atoms. The molecule has 0 unspecified atom stereocenters. The monoisotopic (exact) mass is 374 g/mol. The van der Waals surface area contributed by atoms with Crippen molar-refractivity contribution < 1.29 is 14.3 Å². The molecule has 0 aromatic heterocycles. The van der Waals surface area contributed by atoms with Crippen LogP contribution in [0.5, 0.6) is 11.5 Å². The third kappa shape index (κ3) is 5.71. The van der Waals surface area contributed by atoms with Gasteiger partial charge in [-0.3, -0.25) is 4.79 Å². The summed E-state index contributed by atoms with van der Waals surface area (Å²) in [4.78, 5) is 12.0. The minimum absolute atomic E-state index is 0.105. The number of hydrazone groups is 1. The van der Waals surface area contributed by atoms with Gasteiger partial charge in [-0.15, -0.1) is 0 Å². The van der Waals surface area contributed by atoms with Gasteiger partial charge in [0.15, 0.2) is 6.61 Å². The standard InChI is InChI=1S/C23H22N2O3/c1-27-21-13-11-19(12-14-21)16-24-25-23(26)17-28-22-10-6-5-9-20(22)15-18-7-3-2-4-8-18/h2-14,16H,15,17H2,1H3,(H,25,26)/b24-16-. The Balaban J connectivity index is 1.52. The number of benzene rings is 3. The Labute approximate surface area is 164 Å². The maximum Gasteiger partial charge on any atom is 0.277 e. The number of carbonyl (C=O) groups is 1. The van der Waals surface area contributed by atoms with Gasteiger partial charge in [0.25, 0.3) is 5.91 Å².